The van der Waals surface area contributed by atoms with Crippen molar-refractivity contribution in [1.82, 2.24) is 10.2 Å². The summed E-state index contributed by atoms with van der Waals surface area (Å²) in [6, 6.07) is 9.42. The molecule has 2 N–H and O–H groups in total. The first-order valence-corrected chi connectivity index (χ1v) is 3.61. The second kappa shape index (κ2) is 5.05. The van der Waals surface area contributed by atoms with Crippen molar-refractivity contribution in [2.75, 3.05) is 0 Å². The largest absolute Gasteiger partial charge is 1.00 e. The normalized spacial score (nSPS) is 9.23. The molecule has 0 unspecified atom stereocenters. The summed E-state index contributed by atoms with van der Waals surface area (Å²) < 4.78 is 0. The van der Waals surface area contributed by atoms with E-state index in [9.17, 15) is 4.79 Å². The number of hydrogen-bond acceptors (Lipinski definition) is 1. The van der Waals surface area contributed by atoms with Crippen LogP contribution in [-0.4, -0.2) is 10.2 Å². The molecule has 3 nitrogen and oxygen atoms in total. The molecule has 0 radical (unpaired) electrons. The van der Waals surface area contributed by atoms with Gasteiger partial charge in [-0.2, -0.15) is 0 Å². The average Bonchev–Trinajstić information content (AvgIpc) is 2.53. The smallest absolute Gasteiger partial charge is 0.372 e. The van der Waals surface area contributed by atoms with Crippen molar-refractivity contribution in [3.63, 3.8) is 0 Å². The molecule has 1 heterocycles. The van der Waals surface area contributed by atoms with Crippen molar-refractivity contribution in [1.29, 1.82) is 0 Å². The average molecular weight is 245 g/mol. The number of aromatic nitrogens is 2. The summed E-state index contributed by atoms with van der Waals surface area (Å²) in [4.78, 5) is 11.1. The number of benzene rings is 1. The molecule has 0 aliphatic rings. The second-order valence-electron chi connectivity index (χ2n) is 2.45. The fraction of sp³-hybridized carbons (Fsp3) is 0. The third-order valence-corrected chi connectivity index (χ3v) is 1.65. The van der Waals surface area contributed by atoms with Crippen LogP contribution in [0.25, 0.3) is 11.1 Å². The Labute approximate surface area is 124 Å². The molecule has 0 bridgehead atoms. The molecular formula is C9H7N2ORb. The molecular weight excluding hydrogens is 238 g/mol. The van der Waals surface area contributed by atoms with E-state index < -0.39 is 0 Å². The fourth-order valence-electron chi connectivity index (χ4n) is 1.08. The summed E-state index contributed by atoms with van der Waals surface area (Å²) in [6.45, 7) is 0. The van der Waals surface area contributed by atoms with Gasteiger partial charge in [0.1, 0.15) is 0 Å². The van der Waals surface area contributed by atoms with E-state index in [1.165, 1.54) is 0 Å². The monoisotopic (exact) mass is 244 g/mol. The maximum Gasteiger partial charge on any atom is 1.00 e. The summed E-state index contributed by atoms with van der Waals surface area (Å²) in [7, 11) is 0. The van der Waals surface area contributed by atoms with E-state index in [0.29, 0.717) is 5.56 Å². The van der Waals surface area contributed by atoms with Crippen LogP contribution < -0.4 is 63.7 Å². The van der Waals surface area contributed by atoms with Gasteiger partial charge >= 0.3 is 58.2 Å². The Hall–Kier alpha value is 0.0352. The van der Waals surface area contributed by atoms with Gasteiger partial charge in [0.15, 0.2) is 5.56 Å². The van der Waals surface area contributed by atoms with Crippen LogP contribution in [0.15, 0.2) is 35.1 Å². The zero-order valence-corrected chi connectivity index (χ0v) is 12.2. The molecule has 13 heavy (non-hydrogen) atoms. The Morgan fingerprint density at radius 3 is 2.38 bits per heavy atom. The summed E-state index contributed by atoms with van der Waals surface area (Å²) >= 11 is 0. The first kappa shape index (κ1) is 11.1. The van der Waals surface area contributed by atoms with Crippen molar-refractivity contribution >= 4 is 0 Å². The van der Waals surface area contributed by atoms with Gasteiger partial charge in [0.25, 0.3) is 0 Å². The minimum atomic E-state index is -0.138. The van der Waals surface area contributed by atoms with E-state index in [0.717, 1.165) is 5.56 Å². The maximum atomic E-state index is 11.1. The van der Waals surface area contributed by atoms with Crippen LogP contribution in [0.3, 0.4) is 0 Å². The standard InChI is InChI=1S/C9H7N2O.Rb/c12-9-8(6-10-11-9)7-4-2-1-3-5-7;/h1-5H,(H2,10,11,12);/q-1;+1. The molecule has 2 aromatic rings. The molecule has 1 aromatic carbocycles. The third-order valence-electron chi connectivity index (χ3n) is 1.65. The zero-order chi connectivity index (χ0) is 8.39. The van der Waals surface area contributed by atoms with Gasteiger partial charge in [-0.1, -0.05) is 24.4 Å². The van der Waals surface area contributed by atoms with E-state index in [1.807, 2.05) is 30.3 Å². The van der Waals surface area contributed by atoms with Gasteiger partial charge in [0, 0.05) is 0 Å². The molecule has 0 saturated carbocycles. The SMILES string of the molecule is O=c1[nH][nH][c-]c1-c1ccccc1.[Rb+]. The maximum absolute atomic E-state index is 11.1. The number of H-pyrrole nitrogens is 2. The van der Waals surface area contributed by atoms with Gasteiger partial charge in [0.05, 0.1) is 0 Å². The van der Waals surface area contributed by atoms with Gasteiger partial charge < -0.3 is 15.0 Å². The van der Waals surface area contributed by atoms with Crippen LogP contribution in [0, 0.1) is 6.20 Å². The van der Waals surface area contributed by atoms with Gasteiger partial charge in [-0.3, -0.25) is 0 Å². The molecule has 60 valence electrons. The van der Waals surface area contributed by atoms with E-state index in [4.69, 9.17) is 0 Å². The predicted octanol–water partition coefficient (Wildman–Crippen LogP) is -1.83. The zero-order valence-electron chi connectivity index (χ0n) is 7.29. The number of nitrogens with one attached hydrogen (secondary N) is 2. The Bertz CT molecular complexity index is 418. The second-order valence-corrected chi connectivity index (χ2v) is 2.45. The van der Waals surface area contributed by atoms with Crippen LogP contribution in [0.2, 0.25) is 0 Å². The number of rotatable bonds is 1. The van der Waals surface area contributed by atoms with Crippen LogP contribution >= 0.6 is 0 Å². The van der Waals surface area contributed by atoms with Gasteiger partial charge in [-0.25, -0.2) is 0 Å². The molecule has 0 aliphatic carbocycles. The van der Waals surface area contributed by atoms with Crippen molar-refractivity contribution < 1.29 is 58.2 Å². The van der Waals surface area contributed by atoms with E-state index in [2.05, 4.69) is 16.4 Å². The molecule has 0 atom stereocenters. The quantitative estimate of drug-likeness (QED) is 0.570. The molecule has 0 amide bonds. The van der Waals surface area contributed by atoms with Crippen LogP contribution in [0.5, 0.6) is 0 Å². The topological polar surface area (TPSA) is 48.6 Å². The summed E-state index contributed by atoms with van der Waals surface area (Å²) in [5, 5.41) is 4.96. The van der Waals surface area contributed by atoms with Crippen molar-refractivity contribution in [3.05, 3.63) is 46.9 Å². The molecule has 0 aliphatic heterocycles. The van der Waals surface area contributed by atoms with E-state index in [-0.39, 0.29) is 63.7 Å². The van der Waals surface area contributed by atoms with E-state index in [1.54, 1.807) is 0 Å². The van der Waals surface area contributed by atoms with Crippen LogP contribution in [0.1, 0.15) is 0 Å². The Morgan fingerprint density at radius 1 is 1.15 bits per heavy atom. The molecule has 0 saturated heterocycles. The van der Waals surface area contributed by atoms with Gasteiger partial charge in [-0.15, -0.1) is 23.3 Å². The third kappa shape index (κ3) is 2.50. The summed E-state index contributed by atoms with van der Waals surface area (Å²) in [5.74, 6) is 0. The van der Waals surface area contributed by atoms with Crippen molar-refractivity contribution in [2.45, 2.75) is 0 Å². The molecule has 2 rings (SSSR count). The first-order valence-electron chi connectivity index (χ1n) is 3.61. The Kier molecular flexibility index (Phi) is 4.32. The number of hydrogen-bond donors (Lipinski definition) is 2. The summed E-state index contributed by atoms with van der Waals surface area (Å²) in [6.07, 6.45) is 2.73. The van der Waals surface area contributed by atoms with Crippen LogP contribution in [-0.2, 0) is 0 Å². The molecule has 1 aromatic heterocycles. The minimum absolute atomic E-state index is 0. The Balaban J connectivity index is 0.000000845. The van der Waals surface area contributed by atoms with Gasteiger partial charge in [-0.05, 0) is 0 Å². The van der Waals surface area contributed by atoms with Crippen LogP contribution in [0.4, 0.5) is 0 Å². The molecule has 4 heteroatoms. The molecule has 0 fully saturated rings. The van der Waals surface area contributed by atoms with Crippen molar-refractivity contribution in [2.24, 2.45) is 0 Å². The first-order chi connectivity index (χ1) is 5.88. The minimum Gasteiger partial charge on any atom is -0.372 e. The fourth-order valence-corrected chi connectivity index (χ4v) is 1.08. The van der Waals surface area contributed by atoms with Gasteiger partial charge in [0.2, 0.25) is 0 Å². The van der Waals surface area contributed by atoms with Crippen molar-refractivity contribution in [3.8, 4) is 11.1 Å². The summed E-state index contributed by atoms with van der Waals surface area (Å²) in [5.41, 5.74) is 1.29. The predicted molar refractivity (Wildman–Crippen MR) is 45.7 cm³/mol. The Morgan fingerprint density at radius 2 is 1.85 bits per heavy atom. The van der Waals surface area contributed by atoms with E-state index >= 15 is 0 Å². The number of aromatic amines is 2. The molecule has 0 spiro atoms.